The van der Waals surface area contributed by atoms with Crippen molar-refractivity contribution in [2.24, 2.45) is 5.73 Å². The number of nitrogens with one attached hydrogen (secondary N) is 1. The van der Waals surface area contributed by atoms with Gasteiger partial charge in [-0.15, -0.1) is 12.4 Å². The molecule has 0 saturated heterocycles. The van der Waals surface area contributed by atoms with Gasteiger partial charge >= 0.3 is 12.1 Å². The highest BCUT2D eigenvalue weighted by molar-refractivity contribution is 5.85. The Bertz CT molecular complexity index is 428. The van der Waals surface area contributed by atoms with E-state index in [4.69, 9.17) is 15.2 Å². The summed E-state index contributed by atoms with van der Waals surface area (Å²) in [6, 6.07) is 8.58. The third kappa shape index (κ3) is 7.53. The SMILES string of the molecule is CCOC(=O)C(Cc1ccccc1)NC(=O)OCCN.Cl. The standard InChI is InChI=1S/C14H20N2O4.ClH/c1-2-19-13(17)12(16-14(18)20-9-8-15)10-11-6-4-3-5-7-11;/h3-7,12H,2,8-10,15H2,1H3,(H,16,18);1H. The van der Waals surface area contributed by atoms with Crippen LogP contribution in [-0.2, 0) is 20.7 Å². The van der Waals surface area contributed by atoms with Crippen LogP contribution in [0.1, 0.15) is 12.5 Å². The van der Waals surface area contributed by atoms with Crippen LogP contribution in [0.2, 0.25) is 0 Å². The Morgan fingerprint density at radius 3 is 2.48 bits per heavy atom. The van der Waals surface area contributed by atoms with E-state index < -0.39 is 18.1 Å². The van der Waals surface area contributed by atoms with Gasteiger partial charge in [0.25, 0.3) is 0 Å². The first-order chi connectivity index (χ1) is 9.67. The Kier molecular flexibility index (Phi) is 10.0. The summed E-state index contributed by atoms with van der Waals surface area (Å²) in [5, 5.41) is 2.49. The minimum atomic E-state index is -0.775. The van der Waals surface area contributed by atoms with Crippen molar-refractivity contribution in [1.29, 1.82) is 0 Å². The first-order valence-electron chi connectivity index (χ1n) is 6.51. The van der Waals surface area contributed by atoms with Crippen molar-refractivity contribution in [2.75, 3.05) is 19.8 Å². The molecule has 1 unspecified atom stereocenters. The fourth-order valence-corrected chi connectivity index (χ4v) is 1.62. The molecule has 21 heavy (non-hydrogen) atoms. The average molecular weight is 317 g/mol. The molecule has 1 atom stereocenters. The Hall–Kier alpha value is -1.79. The third-order valence-electron chi connectivity index (χ3n) is 2.50. The number of hydrogen-bond donors (Lipinski definition) is 2. The smallest absolute Gasteiger partial charge is 0.407 e. The van der Waals surface area contributed by atoms with E-state index in [-0.39, 0.29) is 32.2 Å². The van der Waals surface area contributed by atoms with Gasteiger partial charge in [-0.2, -0.15) is 0 Å². The maximum Gasteiger partial charge on any atom is 0.407 e. The number of carbonyl (C=O) groups excluding carboxylic acids is 2. The van der Waals surface area contributed by atoms with Crippen LogP contribution >= 0.6 is 12.4 Å². The zero-order valence-corrected chi connectivity index (χ0v) is 12.7. The minimum absolute atomic E-state index is 0. The van der Waals surface area contributed by atoms with Crippen LogP contribution in [0.3, 0.4) is 0 Å². The van der Waals surface area contributed by atoms with Gasteiger partial charge < -0.3 is 20.5 Å². The molecule has 1 aromatic rings. The third-order valence-corrected chi connectivity index (χ3v) is 2.50. The lowest BCUT2D eigenvalue weighted by Crippen LogP contribution is -2.44. The second-order valence-corrected chi connectivity index (χ2v) is 4.06. The van der Waals surface area contributed by atoms with E-state index in [9.17, 15) is 9.59 Å². The molecule has 0 fully saturated rings. The van der Waals surface area contributed by atoms with Gasteiger partial charge in [0.2, 0.25) is 0 Å². The molecule has 0 spiro atoms. The van der Waals surface area contributed by atoms with Crippen LogP contribution < -0.4 is 11.1 Å². The molecular weight excluding hydrogens is 296 g/mol. The van der Waals surface area contributed by atoms with Crippen molar-refractivity contribution in [3.63, 3.8) is 0 Å². The highest BCUT2D eigenvalue weighted by Gasteiger charge is 2.23. The zero-order valence-electron chi connectivity index (χ0n) is 11.9. The van der Waals surface area contributed by atoms with E-state index in [1.807, 2.05) is 30.3 Å². The fourth-order valence-electron chi connectivity index (χ4n) is 1.62. The molecule has 1 amide bonds. The van der Waals surface area contributed by atoms with Crippen LogP contribution in [0.15, 0.2) is 30.3 Å². The Morgan fingerprint density at radius 2 is 1.90 bits per heavy atom. The molecule has 1 rings (SSSR count). The van der Waals surface area contributed by atoms with Crippen LogP contribution in [0.4, 0.5) is 4.79 Å². The molecule has 118 valence electrons. The Labute approximate surface area is 130 Å². The van der Waals surface area contributed by atoms with Gasteiger partial charge in [0.05, 0.1) is 6.61 Å². The van der Waals surface area contributed by atoms with Crippen molar-refractivity contribution in [3.05, 3.63) is 35.9 Å². The quantitative estimate of drug-likeness (QED) is 0.739. The van der Waals surface area contributed by atoms with E-state index in [1.54, 1.807) is 6.92 Å². The summed E-state index contributed by atoms with van der Waals surface area (Å²) in [5.74, 6) is -0.485. The van der Waals surface area contributed by atoms with Gasteiger partial charge in [-0.1, -0.05) is 30.3 Å². The first kappa shape index (κ1) is 19.2. The number of alkyl carbamates (subject to hydrolysis) is 1. The summed E-state index contributed by atoms with van der Waals surface area (Å²) in [4.78, 5) is 23.4. The van der Waals surface area contributed by atoms with E-state index in [1.165, 1.54) is 0 Å². The highest BCUT2D eigenvalue weighted by atomic mass is 35.5. The van der Waals surface area contributed by atoms with Crippen LogP contribution in [0.5, 0.6) is 0 Å². The lowest BCUT2D eigenvalue weighted by Gasteiger charge is -2.17. The number of ether oxygens (including phenoxy) is 2. The minimum Gasteiger partial charge on any atom is -0.464 e. The predicted molar refractivity (Wildman–Crippen MR) is 81.4 cm³/mol. The molecular formula is C14H21ClN2O4. The summed E-state index contributed by atoms with van der Waals surface area (Å²) in [6.45, 7) is 2.30. The van der Waals surface area contributed by atoms with Gasteiger partial charge in [0, 0.05) is 13.0 Å². The number of hydrogen-bond acceptors (Lipinski definition) is 5. The second-order valence-electron chi connectivity index (χ2n) is 4.06. The van der Waals surface area contributed by atoms with E-state index in [2.05, 4.69) is 5.32 Å². The summed E-state index contributed by atoms with van der Waals surface area (Å²) in [6.07, 6.45) is -0.332. The van der Waals surface area contributed by atoms with Crippen molar-refractivity contribution in [2.45, 2.75) is 19.4 Å². The lowest BCUT2D eigenvalue weighted by atomic mass is 10.1. The summed E-state index contributed by atoms with van der Waals surface area (Å²) < 4.78 is 9.75. The molecule has 6 nitrogen and oxygen atoms in total. The molecule has 0 radical (unpaired) electrons. The van der Waals surface area contributed by atoms with Crippen molar-refractivity contribution >= 4 is 24.5 Å². The summed E-state index contributed by atoms with van der Waals surface area (Å²) >= 11 is 0. The average Bonchev–Trinajstić information content (AvgIpc) is 2.46. The normalized spacial score (nSPS) is 11.0. The van der Waals surface area contributed by atoms with Crippen molar-refractivity contribution in [1.82, 2.24) is 5.32 Å². The van der Waals surface area contributed by atoms with Crippen LogP contribution in [-0.4, -0.2) is 37.9 Å². The molecule has 0 bridgehead atoms. The molecule has 1 aromatic carbocycles. The van der Waals surface area contributed by atoms with E-state index in [0.717, 1.165) is 5.56 Å². The number of benzene rings is 1. The van der Waals surface area contributed by atoms with E-state index in [0.29, 0.717) is 6.42 Å². The zero-order chi connectivity index (χ0) is 14.8. The number of amides is 1. The molecule has 0 aliphatic rings. The molecule has 0 aliphatic carbocycles. The predicted octanol–water partition coefficient (Wildman–Crippen LogP) is 1.27. The Morgan fingerprint density at radius 1 is 1.24 bits per heavy atom. The van der Waals surface area contributed by atoms with Crippen LogP contribution in [0, 0.1) is 0 Å². The maximum absolute atomic E-state index is 11.8. The fraction of sp³-hybridized carbons (Fsp3) is 0.429. The molecule has 0 saturated carbocycles. The van der Waals surface area contributed by atoms with Gasteiger partial charge in [0.1, 0.15) is 12.6 Å². The van der Waals surface area contributed by atoms with Gasteiger partial charge in [0.15, 0.2) is 0 Å². The molecule has 7 heteroatoms. The molecule has 0 aromatic heterocycles. The highest BCUT2D eigenvalue weighted by Crippen LogP contribution is 2.05. The molecule has 0 heterocycles. The van der Waals surface area contributed by atoms with Crippen molar-refractivity contribution < 1.29 is 19.1 Å². The van der Waals surface area contributed by atoms with Gasteiger partial charge in [-0.3, -0.25) is 0 Å². The summed E-state index contributed by atoms with van der Waals surface area (Å²) in [5.41, 5.74) is 6.16. The summed E-state index contributed by atoms with van der Waals surface area (Å²) in [7, 11) is 0. The topological polar surface area (TPSA) is 90.6 Å². The van der Waals surface area contributed by atoms with Crippen molar-refractivity contribution in [3.8, 4) is 0 Å². The number of rotatable bonds is 7. The second kappa shape index (κ2) is 10.9. The van der Waals surface area contributed by atoms with Gasteiger partial charge in [-0.25, -0.2) is 9.59 Å². The number of halogens is 1. The number of carbonyl (C=O) groups is 2. The molecule has 0 aliphatic heterocycles. The van der Waals surface area contributed by atoms with Crippen LogP contribution in [0.25, 0.3) is 0 Å². The lowest BCUT2D eigenvalue weighted by molar-refractivity contribution is -0.145. The molecule has 3 N–H and O–H groups in total. The maximum atomic E-state index is 11.8. The van der Waals surface area contributed by atoms with Gasteiger partial charge in [-0.05, 0) is 12.5 Å². The largest absolute Gasteiger partial charge is 0.464 e. The Balaban J connectivity index is 0.00000400. The monoisotopic (exact) mass is 316 g/mol. The first-order valence-corrected chi connectivity index (χ1v) is 6.51. The van der Waals surface area contributed by atoms with E-state index >= 15 is 0 Å². The number of esters is 1. The number of nitrogens with two attached hydrogens (primary N) is 1.